The fourth-order valence-electron chi connectivity index (χ4n) is 10.9. The van der Waals surface area contributed by atoms with Crippen molar-refractivity contribution in [3.05, 3.63) is 237 Å². The highest BCUT2D eigenvalue weighted by Crippen LogP contribution is 2.44. The molecule has 0 amide bonds. The maximum atomic E-state index is 5.44. The first kappa shape index (κ1) is 38.2. The Kier molecular flexibility index (Phi) is 8.59. The minimum Gasteiger partial charge on any atom is -0.247 e. The maximum absolute atomic E-state index is 5.44. The third-order valence-corrected chi connectivity index (χ3v) is 14.0. The van der Waals surface area contributed by atoms with Crippen molar-refractivity contribution in [2.24, 2.45) is 0 Å². The summed E-state index contributed by atoms with van der Waals surface area (Å²) in [5, 5.41) is 18.1. The molecule has 0 saturated heterocycles. The first-order valence-corrected chi connectivity index (χ1v) is 23.3. The lowest BCUT2D eigenvalue weighted by Gasteiger charge is -2.16. The molecule has 0 unspecified atom stereocenters. The van der Waals surface area contributed by atoms with E-state index in [1.165, 1.54) is 64.6 Å². The molecule has 3 nitrogen and oxygen atoms in total. The summed E-state index contributed by atoms with van der Waals surface area (Å²) in [6.45, 7) is 0. The zero-order valence-electron chi connectivity index (χ0n) is 36.9. The minimum absolute atomic E-state index is 0.679. The molecule has 0 aliphatic rings. The number of pyridine rings is 1. The molecule has 14 aromatic rings. The molecule has 0 aliphatic carbocycles. The molecular weight excluding hydrogens is 823 g/mol. The largest absolute Gasteiger partial charge is 0.247 e. The Balaban J connectivity index is 0.940. The average Bonchev–Trinajstić information content (AvgIpc) is 3.42. The van der Waals surface area contributed by atoms with Crippen molar-refractivity contribution in [1.29, 1.82) is 0 Å². The van der Waals surface area contributed by atoms with Crippen molar-refractivity contribution in [3.8, 4) is 56.3 Å². The van der Waals surface area contributed by atoms with Crippen LogP contribution in [-0.2, 0) is 0 Å². The van der Waals surface area contributed by atoms with Crippen LogP contribution in [0.1, 0.15) is 0 Å². The molecule has 14 rings (SSSR count). The normalized spacial score (nSPS) is 11.8. The van der Waals surface area contributed by atoms with E-state index in [0.717, 1.165) is 72.1 Å². The van der Waals surface area contributed by atoms with Gasteiger partial charge in [0.25, 0.3) is 0 Å². The van der Waals surface area contributed by atoms with E-state index in [1.807, 2.05) is 0 Å². The number of aromatic nitrogens is 3. The fourth-order valence-corrected chi connectivity index (χ4v) is 10.9. The second-order valence-electron chi connectivity index (χ2n) is 17.8. The summed E-state index contributed by atoms with van der Waals surface area (Å²) in [5.74, 6) is 0.679. The van der Waals surface area contributed by atoms with Gasteiger partial charge in [-0.25, -0.2) is 15.0 Å². The third-order valence-electron chi connectivity index (χ3n) is 14.0. The summed E-state index contributed by atoms with van der Waals surface area (Å²) < 4.78 is 0. The van der Waals surface area contributed by atoms with Gasteiger partial charge in [0.2, 0.25) is 0 Å². The van der Waals surface area contributed by atoms with Crippen molar-refractivity contribution in [2.45, 2.75) is 0 Å². The van der Waals surface area contributed by atoms with Gasteiger partial charge in [-0.3, -0.25) is 0 Å². The van der Waals surface area contributed by atoms with Crippen molar-refractivity contribution in [2.75, 3.05) is 0 Å². The van der Waals surface area contributed by atoms with E-state index in [1.54, 1.807) is 0 Å². The Labute approximate surface area is 392 Å². The quantitative estimate of drug-likeness (QED) is 0.162. The van der Waals surface area contributed by atoms with Crippen molar-refractivity contribution >= 4 is 86.3 Å². The van der Waals surface area contributed by atoms with Gasteiger partial charge in [0.05, 0.1) is 22.6 Å². The molecule has 314 valence electrons. The molecule has 0 fully saturated rings. The van der Waals surface area contributed by atoms with Gasteiger partial charge in [0, 0.05) is 38.4 Å². The Hall–Kier alpha value is -9.05. The second kappa shape index (κ2) is 15.3. The highest BCUT2D eigenvalue weighted by atomic mass is 14.9. The van der Waals surface area contributed by atoms with Gasteiger partial charge in [0.1, 0.15) is 0 Å². The van der Waals surface area contributed by atoms with Gasteiger partial charge in [-0.2, -0.15) is 0 Å². The van der Waals surface area contributed by atoms with E-state index in [2.05, 4.69) is 237 Å². The summed E-state index contributed by atoms with van der Waals surface area (Å²) in [7, 11) is 0. The Bertz CT molecular complexity index is 4240. The van der Waals surface area contributed by atoms with Crippen LogP contribution in [-0.4, -0.2) is 15.0 Å². The molecule has 68 heavy (non-hydrogen) atoms. The predicted molar refractivity (Wildman–Crippen MR) is 287 cm³/mol. The first-order valence-electron chi connectivity index (χ1n) is 23.3. The molecule has 0 N–H and O–H groups in total. The summed E-state index contributed by atoms with van der Waals surface area (Å²) in [4.78, 5) is 16.3. The fraction of sp³-hybridized carbons (Fsp3) is 0. The van der Waals surface area contributed by atoms with Gasteiger partial charge in [-0.15, -0.1) is 0 Å². The maximum Gasteiger partial charge on any atom is 0.160 e. The van der Waals surface area contributed by atoms with E-state index in [0.29, 0.717) is 5.82 Å². The van der Waals surface area contributed by atoms with E-state index in [9.17, 15) is 0 Å². The number of rotatable bonds is 5. The summed E-state index contributed by atoms with van der Waals surface area (Å²) in [5.41, 5.74) is 10.2. The Morgan fingerprint density at radius 3 is 1.24 bits per heavy atom. The number of hydrogen-bond acceptors (Lipinski definition) is 3. The highest BCUT2D eigenvalue weighted by molar-refractivity contribution is 6.33. The molecule has 0 radical (unpaired) electrons. The minimum atomic E-state index is 0.679. The molecule has 0 spiro atoms. The molecule has 12 aromatic carbocycles. The molecule has 0 atom stereocenters. The zero-order chi connectivity index (χ0) is 44.7. The molecule has 0 saturated carbocycles. The molecular formula is C65H39N3. The summed E-state index contributed by atoms with van der Waals surface area (Å²) in [6, 6.07) is 85.1. The van der Waals surface area contributed by atoms with Gasteiger partial charge < -0.3 is 0 Å². The van der Waals surface area contributed by atoms with Gasteiger partial charge in [-0.1, -0.05) is 206 Å². The van der Waals surface area contributed by atoms with Gasteiger partial charge in [-0.05, 0) is 106 Å². The average molecular weight is 862 g/mol. The lowest BCUT2D eigenvalue weighted by Crippen LogP contribution is -1.97. The number of fused-ring (bicyclic) bond motifs is 14. The predicted octanol–water partition coefficient (Wildman–Crippen LogP) is 17.4. The Morgan fingerprint density at radius 1 is 0.235 bits per heavy atom. The standard InChI is InChI=1S/C65H39N3/c1-3-20-46-43(16-1)37-57(52-26-7-5-22-48(46)52)60-39-61(58-38-44-17-2-4-21-47(44)49-23-6-8-27-53(49)58)68-65(67-60)41-34-32-40(33-35-41)42-18-15-19-45(36-42)64-63-55-29-12-10-25-51(55)50-24-9-11-28-54(50)62(63)56-30-13-14-31-59(56)66-64/h1-39H. The Morgan fingerprint density at radius 2 is 0.662 bits per heavy atom. The van der Waals surface area contributed by atoms with Crippen LogP contribution in [0, 0.1) is 0 Å². The highest BCUT2D eigenvalue weighted by Gasteiger charge is 2.20. The van der Waals surface area contributed by atoms with Gasteiger partial charge >= 0.3 is 0 Å². The molecule has 0 bridgehead atoms. The van der Waals surface area contributed by atoms with Crippen molar-refractivity contribution in [1.82, 2.24) is 15.0 Å². The number of para-hydroxylation sites is 1. The molecule has 0 aliphatic heterocycles. The lowest BCUT2D eigenvalue weighted by molar-refractivity contribution is 1.19. The zero-order valence-corrected chi connectivity index (χ0v) is 36.9. The number of benzene rings is 12. The van der Waals surface area contributed by atoms with E-state index < -0.39 is 0 Å². The smallest absolute Gasteiger partial charge is 0.160 e. The molecule has 3 heteroatoms. The van der Waals surface area contributed by atoms with E-state index in [-0.39, 0.29) is 0 Å². The van der Waals surface area contributed by atoms with E-state index in [4.69, 9.17) is 15.0 Å². The summed E-state index contributed by atoms with van der Waals surface area (Å²) >= 11 is 0. The van der Waals surface area contributed by atoms with Crippen molar-refractivity contribution in [3.63, 3.8) is 0 Å². The van der Waals surface area contributed by atoms with E-state index >= 15 is 0 Å². The van der Waals surface area contributed by atoms with Crippen LogP contribution in [0.2, 0.25) is 0 Å². The van der Waals surface area contributed by atoms with Gasteiger partial charge in [0.15, 0.2) is 5.82 Å². The monoisotopic (exact) mass is 861 g/mol. The molecule has 2 heterocycles. The van der Waals surface area contributed by atoms with Crippen LogP contribution in [0.3, 0.4) is 0 Å². The number of hydrogen-bond donors (Lipinski definition) is 0. The van der Waals surface area contributed by atoms with Crippen LogP contribution >= 0.6 is 0 Å². The van der Waals surface area contributed by atoms with Crippen LogP contribution in [0.25, 0.3) is 143 Å². The third kappa shape index (κ3) is 6.03. The topological polar surface area (TPSA) is 38.7 Å². The lowest BCUT2D eigenvalue weighted by atomic mass is 9.89. The van der Waals surface area contributed by atoms with Crippen LogP contribution < -0.4 is 0 Å². The second-order valence-corrected chi connectivity index (χ2v) is 17.8. The van der Waals surface area contributed by atoms with Crippen LogP contribution in [0.4, 0.5) is 0 Å². The number of nitrogens with zero attached hydrogens (tertiary/aromatic N) is 3. The summed E-state index contributed by atoms with van der Waals surface area (Å²) in [6.07, 6.45) is 0. The van der Waals surface area contributed by atoms with Crippen LogP contribution in [0.5, 0.6) is 0 Å². The van der Waals surface area contributed by atoms with Crippen molar-refractivity contribution < 1.29 is 0 Å². The SMILES string of the molecule is c1cc(-c2ccc(-c3nc(-c4cc5ccccc5c5ccccc45)cc(-c4cc5ccccc5c5ccccc45)n3)cc2)cc(-c2nc3ccccc3c3c4ccccc4c4ccccc4c23)c1. The van der Waals surface area contributed by atoms with Crippen LogP contribution in [0.15, 0.2) is 237 Å². The first-order chi connectivity index (χ1) is 33.7. The molecule has 2 aromatic heterocycles.